The zero-order chi connectivity index (χ0) is 15.3. The number of amides is 1. The number of aryl methyl sites for hydroxylation is 1. The van der Waals surface area contributed by atoms with Crippen LogP contribution >= 0.6 is 11.6 Å². The van der Waals surface area contributed by atoms with Crippen LogP contribution in [0.15, 0.2) is 18.2 Å². The van der Waals surface area contributed by atoms with Gasteiger partial charge in [-0.25, -0.2) is 0 Å². The molecular weight excluding hydrogens is 278 g/mol. The number of carbonyl (C=O) groups excluding carboxylic acids is 2. The number of hydrogen-bond acceptors (Lipinski definition) is 3. The van der Waals surface area contributed by atoms with E-state index in [1.54, 1.807) is 18.2 Å². The predicted octanol–water partition coefficient (Wildman–Crippen LogP) is 3.11. The molecule has 0 radical (unpaired) electrons. The van der Waals surface area contributed by atoms with Crippen LogP contribution in [-0.4, -0.2) is 18.4 Å². The van der Waals surface area contributed by atoms with Crippen molar-refractivity contribution < 1.29 is 14.3 Å². The lowest BCUT2D eigenvalue weighted by Crippen LogP contribution is -2.36. The molecule has 1 aromatic carbocycles. The Hall–Kier alpha value is -1.55. The van der Waals surface area contributed by atoms with Gasteiger partial charge in [-0.15, -0.1) is 0 Å². The smallest absolute Gasteiger partial charge is 0.312 e. The quantitative estimate of drug-likeness (QED) is 0.686. The number of ether oxygens (including phenoxy) is 1. The number of esters is 1. The number of carbonyl (C=O) groups is 2. The molecule has 1 N–H and O–H groups in total. The van der Waals surface area contributed by atoms with Crippen LogP contribution in [0.5, 0.6) is 5.75 Å². The molecule has 0 heterocycles. The molecule has 20 heavy (non-hydrogen) atoms. The minimum atomic E-state index is -0.462. The zero-order valence-electron chi connectivity index (χ0n) is 12.2. The summed E-state index contributed by atoms with van der Waals surface area (Å²) in [5, 5.41) is 3.30. The molecule has 0 saturated heterocycles. The van der Waals surface area contributed by atoms with Crippen molar-refractivity contribution in [3.8, 4) is 5.75 Å². The molecule has 0 unspecified atom stereocenters. The van der Waals surface area contributed by atoms with Gasteiger partial charge in [0.05, 0.1) is 6.42 Å². The van der Waals surface area contributed by atoms with Gasteiger partial charge in [0.2, 0.25) is 5.91 Å². The second kappa shape index (κ2) is 6.75. The maximum Gasteiger partial charge on any atom is 0.312 e. The second-order valence-corrected chi connectivity index (χ2v) is 6.08. The monoisotopic (exact) mass is 297 g/mol. The Bertz CT molecular complexity index is 506. The highest BCUT2D eigenvalue weighted by Gasteiger charge is 2.20. The fraction of sp³-hybridized carbons (Fsp3) is 0.467. The summed E-state index contributed by atoms with van der Waals surface area (Å²) in [5.74, 6) is 0.0131. The largest absolute Gasteiger partial charge is 0.426 e. The molecule has 5 heteroatoms. The molecular formula is C15H20ClNO3. The number of benzene rings is 1. The van der Waals surface area contributed by atoms with Crippen molar-refractivity contribution in [3.63, 3.8) is 0 Å². The standard InChI is InChI=1S/C15H20ClNO3/c1-10-9-11(16)5-6-12(10)20-13(18)7-8-17-14(19)15(2,3)4/h5-6,9H,7-8H2,1-4H3,(H,17,19). The van der Waals surface area contributed by atoms with Crippen LogP contribution in [0.25, 0.3) is 0 Å². The lowest BCUT2D eigenvalue weighted by atomic mass is 9.96. The zero-order valence-corrected chi connectivity index (χ0v) is 13.0. The van der Waals surface area contributed by atoms with Gasteiger partial charge in [0.1, 0.15) is 5.75 Å². The Morgan fingerprint density at radius 3 is 2.50 bits per heavy atom. The average Bonchev–Trinajstić information content (AvgIpc) is 2.31. The summed E-state index contributed by atoms with van der Waals surface area (Å²) in [6.45, 7) is 7.53. The summed E-state index contributed by atoms with van der Waals surface area (Å²) in [4.78, 5) is 23.3. The predicted molar refractivity (Wildman–Crippen MR) is 78.9 cm³/mol. The van der Waals surface area contributed by atoms with E-state index < -0.39 is 5.41 Å². The Labute approximate surface area is 124 Å². The Morgan fingerprint density at radius 1 is 1.30 bits per heavy atom. The third-order valence-electron chi connectivity index (χ3n) is 2.66. The topological polar surface area (TPSA) is 55.4 Å². The average molecular weight is 298 g/mol. The van der Waals surface area contributed by atoms with Gasteiger partial charge in [0.25, 0.3) is 0 Å². The van der Waals surface area contributed by atoms with Crippen LogP contribution < -0.4 is 10.1 Å². The highest BCUT2D eigenvalue weighted by molar-refractivity contribution is 6.30. The van der Waals surface area contributed by atoms with Crippen molar-refractivity contribution in [2.75, 3.05) is 6.54 Å². The lowest BCUT2D eigenvalue weighted by molar-refractivity contribution is -0.134. The summed E-state index contributed by atoms with van der Waals surface area (Å²) in [6, 6.07) is 5.05. The van der Waals surface area contributed by atoms with Crippen molar-refractivity contribution >= 4 is 23.5 Å². The van der Waals surface area contributed by atoms with Crippen molar-refractivity contribution in [2.24, 2.45) is 5.41 Å². The Kier molecular flexibility index (Phi) is 5.57. The summed E-state index contributed by atoms with van der Waals surface area (Å²) >= 11 is 5.83. The molecule has 4 nitrogen and oxygen atoms in total. The minimum Gasteiger partial charge on any atom is -0.426 e. The van der Waals surface area contributed by atoms with Crippen LogP contribution in [0.1, 0.15) is 32.8 Å². The number of rotatable bonds is 4. The van der Waals surface area contributed by atoms with E-state index in [0.29, 0.717) is 10.8 Å². The molecule has 1 amide bonds. The van der Waals surface area contributed by atoms with E-state index in [9.17, 15) is 9.59 Å². The van der Waals surface area contributed by atoms with E-state index in [1.165, 1.54) is 0 Å². The maximum atomic E-state index is 11.7. The van der Waals surface area contributed by atoms with E-state index >= 15 is 0 Å². The Balaban J connectivity index is 2.43. The van der Waals surface area contributed by atoms with Gasteiger partial charge in [-0.05, 0) is 30.7 Å². The first-order valence-corrected chi connectivity index (χ1v) is 6.83. The van der Waals surface area contributed by atoms with Gasteiger partial charge in [-0.1, -0.05) is 32.4 Å². The maximum absolute atomic E-state index is 11.7. The summed E-state index contributed by atoms with van der Waals surface area (Å²) in [7, 11) is 0. The fourth-order valence-electron chi connectivity index (χ4n) is 1.44. The summed E-state index contributed by atoms with van der Waals surface area (Å²) < 4.78 is 5.22. The summed E-state index contributed by atoms with van der Waals surface area (Å²) in [6.07, 6.45) is 0.129. The molecule has 0 aliphatic carbocycles. The van der Waals surface area contributed by atoms with Gasteiger partial charge in [-0.3, -0.25) is 9.59 Å². The van der Waals surface area contributed by atoms with Crippen LogP contribution in [0.2, 0.25) is 5.02 Å². The van der Waals surface area contributed by atoms with Crippen LogP contribution in [-0.2, 0) is 9.59 Å². The molecule has 0 atom stereocenters. The normalized spacial score (nSPS) is 11.1. The fourth-order valence-corrected chi connectivity index (χ4v) is 1.67. The van der Waals surface area contributed by atoms with Crippen molar-refractivity contribution in [1.82, 2.24) is 5.32 Å². The molecule has 110 valence electrons. The molecule has 1 rings (SSSR count). The van der Waals surface area contributed by atoms with Crippen molar-refractivity contribution in [1.29, 1.82) is 0 Å². The SMILES string of the molecule is Cc1cc(Cl)ccc1OC(=O)CCNC(=O)C(C)(C)C. The number of hydrogen-bond donors (Lipinski definition) is 1. The van der Waals surface area contributed by atoms with Gasteiger partial charge in [0, 0.05) is 17.0 Å². The first-order valence-electron chi connectivity index (χ1n) is 6.45. The number of halogens is 1. The second-order valence-electron chi connectivity index (χ2n) is 5.64. The molecule has 0 aliphatic heterocycles. The molecule has 0 spiro atoms. The molecule has 0 saturated carbocycles. The van der Waals surface area contributed by atoms with E-state index in [2.05, 4.69) is 5.32 Å². The van der Waals surface area contributed by atoms with Gasteiger partial charge in [0.15, 0.2) is 0 Å². The van der Waals surface area contributed by atoms with Crippen molar-refractivity contribution in [2.45, 2.75) is 34.1 Å². The first kappa shape index (κ1) is 16.5. The summed E-state index contributed by atoms with van der Waals surface area (Å²) in [5.41, 5.74) is 0.334. The molecule has 0 aromatic heterocycles. The molecule has 0 fully saturated rings. The molecule has 0 bridgehead atoms. The number of nitrogens with one attached hydrogen (secondary N) is 1. The van der Waals surface area contributed by atoms with E-state index in [4.69, 9.17) is 16.3 Å². The highest BCUT2D eigenvalue weighted by Crippen LogP contribution is 2.22. The minimum absolute atomic E-state index is 0.0898. The Morgan fingerprint density at radius 2 is 1.95 bits per heavy atom. The van der Waals surface area contributed by atoms with Crippen LogP contribution in [0.3, 0.4) is 0 Å². The van der Waals surface area contributed by atoms with E-state index in [1.807, 2.05) is 27.7 Å². The van der Waals surface area contributed by atoms with Crippen LogP contribution in [0, 0.1) is 12.3 Å². The first-order chi connectivity index (χ1) is 9.20. The van der Waals surface area contributed by atoms with Gasteiger partial charge in [-0.2, -0.15) is 0 Å². The molecule has 1 aromatic rings. The van der Waals surface area contributed by atoms with Gasteiger partial charge < -0.3 is 10.1 Å². The van der Waals surface area contributed by atoms with Gasteiger partial charge >= 0.3 is 5.97 Å². The van der Waals surface area contributed by atoms with E-state index in [-0.39, 0.29) is 24.8 Å². The third-order valence-corrected chi connectivity index (χ3v) is 2.89. The van der Waals surface area contributed by atoms with Crippen molar-refractivity contribution in [3.05, 3.63) is 28.8 Å². The van der Waals surface area contributed by atoms with Crippen LogP contribution in [0.4, 0.5) is 0 Å². The lowest BCUT2D eigenvalue weighted by Gasteiger charge is -2.17. The third kappa shape index (κ3) is 5.21. The molecule has 0 aliphatic rings. The highest BCUT2D eigenvalue weighted by atomic mass is 35.5. The van der Waals surface area contributed by atoms with E-state index in [0.717, 1.165) is 5.56 Å².